The van der Waals surface area contributed by atoms with Crippen LogP contribution >= 0.6 is 0 Å². The van der Waals surface area contributed by atoms with E-state index in [1.165, 1.54) is 0 Å². The summed E-state index contributed by atoms with van der Waals surface area (Å²) in [6.45, 7) is 2.98. The summed E-state index contributed by atoms with van der Waals surface area (Å²) in [7, 11) is 1.59. The number of benzene rings is 1. The molecular weight excluding hydrogens is 228 g/mol. The molecule has 0 aliphatic rings. The maximum absolute atomic E-state index is 11.1. The molecule has 94 valence electrons. The van der Waals surface area contributed by atoms with Crippen LogP contribution in [0.2, 0.25) is 0 Å². The molecule has 1 aromatic carbocycles. The van der Waals surface area contributed by atoms with Crippen LogP contribution < -0.4 is 4.74 Å². The van der Waals surface area contributed by atoms with Crippen LogP contribution in [0.3, 0.4) is 0 Å². The highest BCUT2D eigenvalue weighted by Crippen LogP contribution is 2.26. The van der Waals surface area contributed by atoms with Crippen molar-refractivity contribution in [2.45, 2.75) is 19.9 Å². The third kappa shape index (κ3) is 2.42. The average molecular weight is 244 g/mol. The summed E-state index contributed by atoms with van der Waals surface area (Å²) >= 11 is 0. The normalized spacial score (nSPS) is 10.3. The van der Waals surface area contributed by atoms with Crippen LogP contribution in [0.25, 0.3) is 11.1 Å². The number of aromatic nitrogens is 2. The molecular formula is C14H16N2O2. The Morgan fingerprint density at radius 1 is 1.44 bits per heavy atom. The molecule has 0 saturated heterocycles. The van der Waals surface area contributed by atoms with Gasteiger partial charge in [-0.05, 0) is 30.2 Å². The van der Waals surface area contributed by atoms with Gasteiger partial charge in [0.1, 0.15) is 5.75 Å². The van der Waals surface area contributed by atoms with Gasteiger partial charge >= 0.3 is 0 Å². The minimum atomic E-state index is 0.616. The van der Waals surface area contributed by atoms with E-state index in [0.717, 1.165) is 30.4 Å². The summed E-state index contributed by atoms with van der Waals surface area (Å²) < 4.78 is 6.99. The summed E-state index contributed by atoms with van der Waals surface area (Å²) in [5.74, 6) is 0.682. The lowest BCUT2D eigenvalue weighted by Gasteiger charge is -2.05. The summed E-state index contributed by atoms with van der Waals surface area (Å²) in [5, 5.41) is 4.27. The van der Waals surface area contributed by atoms with Gasteiger partial charge in [0.15, 0.2) is 6.29 Å². The first-order chi connectivity index (χ1) is 8.78. The summed E-state index contributed by atoms with van der Waals surface area (Å²) in [6.07, 6.45) is 5.61. The number of ether oxygens (including phenoxy) is 1. The molecule has 0 radical (unpaired) electrons. The van der Waals surface area contributed by atoms with Gasteiger partial charge in [-0.15, -0.1) is 0 Å². The molecule has 0 atom stereocenters. The number of rotatable bonds is 5. The topological polar surface area (TPSA) is 44.1 Å². The van der Waals surface area contributed by atoms with E-state index in [4.69, 9.17) is 4.74 Å². The van der Waals surface area contributed by atoms with Crippen molar-refractivity contribution in [1.82, 2.24) is 9.78 Å². The first-order valence-corrected chi connectivity index (χ1v) is 5.94. The minimum absolute atomic E-state index is 0.616. The second-order valence-electron chi connectivity index (χ2n) is 4.06. The first-order valence-electron chi connectivity index (χ1n) is 5.94. The quantitative estimate of drug-likeness (QED) is 0.760. The number of nitrogens with zero attached hydrogens (tertiary/aromatic N) is 2. The van der Waals surface area contributed by atoms with Crippen molar-refractivity contribution in [1.29, 1.82) is 0 Å². The monoisotopic (exact) mass is 244 g/mol. The summed E-state index contributed by atoms with van der Waals surface area (Å²) in [5.41, 5.74) is 2.45. The van der Waals surface area contributed by atoms with Crippen molar-refractivity contribution in [3.8, 4) is 16.9 Å². The zero-order valence-electron chi connectivity index (χ0n) is 10.6. The fraction of sp³-hybridized carbons (Fsp3) is 0.286. The lowest BCUT2D eigenvalue weighted by Crippen LogP contribution is -1.95. The van der Waals surface area contributed by atoms with Gasteiger partial charge in [-0.1, -0.05) is 6.92 Å². The van der Waals surface area contributed by atoms with Crippen LogP contribution in [-0.2, 0) is 6.54 Å². The SMILES string of the molecule is CCCn1cc(-c2ccc(OC)cc2C=O)cn1. The molecule has 4 heteroatoms. The Hall–Kier alpha value is -2.10. The molecule has 0 saturated carbocycles. The average Bonchev–Trinajstić information content (AvgIpc) is 2.87. The number of hydrogen-bond donors (Lipinski definition) is 0. The van der Waals surface area contributed by atoms with Gasteiger partial charge in [-0.3, -0.25) is 9.48 Å². The van der Waals surface area contributed by atoms with Crippen molar-refractivity contribution in [3.63, 3.8) is 0 Å². The molecule has 2 rings (SSSR count). The lowest BCUT2D eigenvalue weighted by molar-refractivity contribution is 0.112. The van der Waals surface area contributed by atoms with E-state index in [0.29, 0.717) is 11.3 Å². The molecule has 0 fully saturated rings. The van der Waals surface area contributed by atoms with Crippen LogP contribution in [0.5, 0.6) is 5.75 Å². The number of aldehydes is 1. The predicted molar refractivity (Wildman–Crippen MR) is 69.9 cm³/mol. The fourth-order valence-corrected chi connectivity index (χ4v) is 1.88. The maximum Gasteiger partial charge on any atom is 0.150 e. The zero-order chi connectivity index (χ0) is 13.0. The Kier molecular flexibility index (Phi) is 3.77. The number of methoxy groups -OCH3 is 1. The van der Waals surface area contributed by atoms with Crippen LogP contribution in [0.15, 0.2) is 30.6 Å². The van der Waals surface area contributed by atoms with Crippen molar-refractivity contribution in [2.24, 2.45) is 0 Å². The van der Waals surface area contributed by atoms with E-state index in [9.17, 15) is 4.79 Å². The van der Waals surface area contributed by atoms with Crippen molar-refractivity contribution < 1.29 is 9.53 Å². The van der Waals surface area contributed by atoms with E-state index in [2.05, 4.69) is 12.0 Å². The second kappa shape index (κ2) is 5.49. The highest BCUT2D eigenvalue weighted by Gasteiger charge is 2.08. The number of carbonyl (C=O) groups excluding carboxylic acids is 1. The van der Waals surface area contributed by atoms with Crippen LogP contribution in [0.4, 0.5) is 0 Å². The molecule has 0 amide bonds. The molecule has 1 heterocycles. The fourth-order valence-electron chi connectivity index (χ4n) is 1.88. The molecule has 2 aromatic rings. The van der Waals surface area contributed by atoms with E-state index >= 15 is 0 Å². The molecule has 0 aliphatic heterocycles. The highest BCUT2D eigenvalue weighted by atomic mass is 16.5. The van der Waals surface area contributed by atoms with Crippen LogP contribution in [0, 0.1) is 0 Å². The van der Waals surface area contributed by atoms with E-state index in [1.807, 2.05) is 23.0 Å². The van der Waals surface area contributed by atoms with E-state index in [-0.39, 0.29) is 0 Å². The Morgan fingerprint density at radius 2 is 2.28 bits per heavy atom. The van der Waals surface area contributed by atoms with Gasteiger partial charge in [0.25, 0.3) is 0 Å². The molecule has 0 bridgehead atoms. The smallest absolute Gasteiger partial charge is 0.150 e. The maximum atomic E-state index is 11.1. The predicted octanol–water partition coefficient (Wildman–Crippen LogP) is 2.78. The summed E-state index contributed by atoms with van der Waals surface area (Å²) in [4.78, 5) is 11.1. The van der Waals surface area contributed by atoms with Crippen molar-refractivity contribution >= 4 is 6.29 Å². The Morgan fingerprint density at radius 3 is 2.94 bits per heavy atom. The van der Waals surface area contributed by atoms with Gasteiger partial charge in [0.2, 0.25) is 0 Å². The summed E-state index contributed by atoms with van der Waals surface area (Å²) in [6, 6.07) is 5.47. The third-order valence-corrected chi connectivity index (χ3v) is 2.78. The lowest BCUT2D eigenvalue weighted by atomic mass is 10.0. The van der Waals surface area contributed by atoms with Crippen molar-refractivity contribution in [2.75, 3.05) is 7.11 Å². The Bertz CT molecular complexity index is 546. The van der Waals surface area contributed by atoms with Gasteiger partial charge in [0.05, 0.1) is 13.3 Å². The Labute approximate surface area is 106 Å². The van der Waals surface area contributed by atoms with Crippen LogP contribution in [-0.4, -0.2) is 23.2 Å². The molecule has 4 nitrogen and oxygen atoms in total. The van der Waals surface area contributed by atoms with Gasteiger partial charge in [-0.2, -0.15) is 5.10 Å². The highest BCUT2D eigenvalue weighted by molar-refractivity contribution is 5.87. The Balaban J connectivity index is 2.39. The van der Waals surface area contributed by atoms with Crippen molar-refractivity contribution in [3.05, 3.63) is 36.2 Å². The van der Waals surface area contributed by atoms with E-state index < -0.39 is 0 Å². The second-order valence-corrected chi connectivity index (χ2v) is 4.06. The van der Waals surface area contributed by atoms with Gasteiger partial charge in [-0.25, -0.2) is 0 Å². The number of hydrogen-bond acceptors (Lipinski definition) is 3. The standard InChI is InChI=1S/C14H16N2O2/c1-3-6-16-9-12(8-15-16)14-5-4-13(18-2)7-11(14)10-17/h4-5,7-10H,3,6H2,1-2H3. The zero-order valence-corrected chi connectivity index (χ0v) is 10.6. The molecule has 1 aromatic heterocycles. The molecule has 0 spiro atoms. The number of aryl methyl sites for hydroxylation is 1. The molecule has 18 heavy (non-hydrogen) atoms. The first kappa shape index (κ1) is 12.4. The minimum Gasteiger partial charge on any atom is -0.497 e. The third-order valence-electron chi connectivity index (χ3n) is 2.78. The van der Waals surface area contributed by atoms with Gasteiger partial charge < -0.3 is 4.74 Å². The van der Waals surface area contributed by atoms with E-state index in [1.54, 1.807) is 19.4 Å². The van der Waals surface area contributed by atoms with Crippen LogP contribution in [0.1, 0.15) is 23.7 Å². The number of carbonyl (C=O) groups is 1. The molecule has 0 unspecified atom stereocenters. The molecule has 0 aliphatic carbocycles. The largest absolute Gasteiger partial charge is 0.497 e. The molecule has 0 N–H and O–H groups in total. The van der Waals surface area contributed by atoms with Gasteiger partial charge in [0, 0.05) is 23.9 Å².